The summed E-state index contributed by atoms with van der Waals surface area (Å²) in [5, 5.41) is 12.3. The minimum absolute atomic E-state index is 0.433. The summed E-state index contributed by atoms with van der Waals surface area (Å²) in [5.41, 5.74) is 2.50. The van der Waals surface area contributed by atoms with Crippen LogP contribution in [0.15, 0.2) is 54.6 Å². The van der Waals surface area contributed by atoms with E-state index in [1.165, 1.54) is 0 Å². The first-order valence-corrected chi connectivity index (χ1v) is 7.37. The molecule has 1 heterocycles. The molecule has 0 saturated heterocycles. The van der Waals surface area contributed by atoms with E-state index in [-0.39, 0.29) is 0 Å². The molecule has 2 nitrogen and oxygen atoms in total. The van der Waals surface area contributed by atoms with Crippen LogP contribution in [0.25, 0.3) is 10.9 Å². The molecule has 3 rings (SSSR count). The molecule has 0 saturated carbocycles. The van der Waals surface area contributed by atoms with Gasteiger partial charge in [-0.05, 0) is 29.8 Å². The van der Waals surface area contributed by atoms with Crippen LogP contribution in [0.4, 0.5) is 0 Å². The highest BCUT2D eigenvalue weighted by molar-refractivity contribution is 6.42. The number of rotatable bonds is 3. The van der Waals surface area contributed by atoms with Crippen LogP contribution in [-0.4, -0.2) is 10.1 Å². The lowest BCUT2D eigenvalue weighted by atomic mass is 10.0. The number of hydrogen-bond donors (Lipinski definition) is 1. The SMILES string of the molecule is O[C@H](Cc1ccc2ccccc2n1)c1ccc(Cl)c(Cl)c1. The number of aliphatic hydroxyl groups excluding tert-OH is 1. The van der Waals surface area contributed by atoms with Gasteiger partial charge in [-0.25, -0.2) is 0 Å². The van der Waals surface area contributed by atoms with Crippen LogP contribution >= 0.6 is 23.2 Å². The van der Waals surface area contributed by atoms with Gasteiger partial charge in [0.05, 0.1) is 21.7 Å². The Kier molecular flexibility index (Phi) is 4.11. The van der Waals surface area contributed by atoms with E-state index in [1.807, 2.05) is 36.4 Å². The second-order valence-electron chi connectivity index (χ2n) is 4.89. The van der Waals surface area contributed by atoms with Crippen molar-refractivity contribution in [2.45, 2.75) is 12.5 Å². The molecule has 0 aliphatic carbocycles. The van der Waals surface area contributed by atoms with E-state index < -0.39 is 6.10 Å². The summed E-state index contributed by atoms with van der Waals surface area (Å²) in [6.07, 6.45) is -0.226. The van der Waals surface area contributed by atoms with Crippen molar-refractivity contribution in [3.63, 3.8) is 0 Å². The average molecular weight is 318 g/mol. The first-order chi connectivity index (χ1) is 10.1. The van der Waals surface area contributed by atoms with Gasteiger partial charge in [-0.1, -0.05) is 53.5 Å². The number of aliphatic hydroxyl groups is 1. The fourth-order valence-corrected chi connectivity index (χ4v) is 2.56. The van der Waals surface area contributed by atoms with Crippen molar-refractivity contribution in [3.8, 4) is 0 Å². The van der Waals surface area contributed by atoms with Crippen LogP contribution in [-0.2, 0) is 6.42 Å². The van der Waals surface area contributed by atoms with Gasteiger partial charge in [0.1, 0.15) is 0 Å². The van der Waals surface area contributed by atoms with Gasteiger partial charge < -0.3 is 5.11 Å². The fraction of sp³-hybridized carbons (Fsp3) is 0.118. The number of fused-ring (bicyclic) bond motifs is 1. The summed E-state index contributed by atoms with van der Waals surface area (Å²) in [6, 6.07) is 17.0. The van der Waals surface area contributed by atoms with Crippen LogP contribution < -0.4 is 0 Å². The van der Waals surface area contributed by atoms with E-state index in [0.29, 0.717) is 16.5 Å². The Morgan fingerprint density at radius 1 is 0.952 bits per heavy atom. The molecule has 0 fully saturated rings. The molecule has 4 heteroatoms. The van der Waals surface area contributed by atoms with Gasteiger partial charge in [-0.3, -0.25) is 4.98 Å². The predicted octanol–water partition coefficient (Wildman–Crippen LogP) is 4.82. The monoisotopic (exact) mass is 317 g/mol. The molecule has 1 aromatic heterocycles. The van der Waals surface area contributed by atoms with E-state index in [9.17, 15) is 5.11 Å². The lowest BCUT2D eigenvalue weighted by Crippen LogP contribution is -2.03. The summed E-state index contributed by atoms with van der Waals surface area (Å²) < 4.78 is 0. The smallest absolute Gasteiger partial charge is 0.0846 e. The summed E-state index contributed by atoms with van der Waals surface area (Å²) in [4.78, 5) is 4.56. The summed E-state index contributed by atoms with van der Waals surface area (Å²) in [5.74, 6) is 0. The van der Waals surface area contributed by atoms with Crippen molar-refractivity contribution in [2.75, 3.05) is 0 Å². The molecular formula is C17H13Cl2NO. The van der Waals surface area contributed by atoms with Crippen LogP contribution in [0.3, 0.4) is 0 Å². The number of nitrogens with zero attached hydrogens (tertiary/aromatic N) is 1. The fourth-order valence-electron chi connectivity index (χ4n) is 2.26. The number of hydrogen-bond acceptors (Lipinski definition) is 2. The minimum atomic E-state index is -0.659. The standard InChI is InChI=1S/C17H13Cl2NO/c18-14-8-6-12(9-15(14)19)17(21)10-13-7-5-11-3-1-2-4-16(11)20-13/h1-9,17,21H,10H2/t17-/m1/s1. The lowest BCUT2D eigenvalue weighted by molar-refractivity contribution is 0.177. The van der Waals surface area contributed by atoms with Crippen molar-refractivity contribution in [3.05, 3.63) is 75.9 Å². The normalized spacial score (nSPS) is 12.5. The Labute approximate surface area is 133 Å². The number of halogens is 2. The zero-order valence-electron chi connectivity index (χ0n) is 11.1. The number of pyridine rings is 1. The third-order valence-electron chi connectivity index (χ3n) is 3.39. The number of benzene rings is 2. The molecule has 21 heavy (non-hydrogen) atoms. The molecule has 2 aromatic carbocycles. The summed E-state index contributed by atoms with van der Waals surface area (Å²) in [7, 11) is 0. The van der Waals surface area contributed by atoms with E-state index in [1.54, 1.807) is 18.2 Å². The Bertz CT molecular complexity index is 789. The van der Waals surface area contributed by atoms with E-state index in [2.05, 4.69) is 4.98 Å². The van der Waals surface area contributed by atoms with Crippen molar-refractivity contribution in [1.82, 2.24) is 4.98 Å². The Morgan fingerprint density at radius 2 is 1.76 bits per heavy atom. The lowest BCUT2D eigenvalue weighted by Gasteiger charge is -2.12. The highest BCUT2D eigenvalue weighted by Crippen LogP contribution is 2.27. The highest BCUT2D eigenvalue weighted by atomic mass is 35.5. The Morgan fingerprint density at radius 3 is 2.57 bits per heavy atom. The molecule has 0 radical (unpaired) electrons. The maximum Gasteiger partial charge on any atom is 0.0846 e. The Balaban J connectivity index is 1.85. The summed E-state index contributed by atoms with van der Waals surface area (Å²) >= 11 is 11.9. The van der Waals surface area contributed by atoms with E-state index in [4.69, 9.17) is 23.2 Å². The third-order valence-corrected chi connectivity index (χ3v) is 4.13. The molecular weight excluding hydrogens is 305 g/mol. The first-order valence-electron chi connectivity index (χ1n) is 6.61. The topological polar surface area (TPSA) is 33.1 Å². The van der Waals surface area contributed by atoms with Crippen molar-refractivity contribution < 1.29 is 5.11 Å². The first kappa shape index (κ1) is 14.3. The van der Waals surface area contributed by atoms with Gasteiger partial charge in [0, 0.05) is 17.5 Å². The Hall–Kier alpha value is -1.61. The highest BCUT2D eigenvalue weighted by Gasteiger charge is 2.11. The molecule has 0 amide bonds. The average Bonchev–Trinajstić information content (AvgIpc) is 2.50. The molecule has 1 N–H and O–H groups in total. The molecule has 0 spiro atoms. The number of aromatic nitrogens is 1. The van der Waals surface area contributed by atoms with Crippen LogP contribution in [0.5, 0.6) is 0 Å². The molecule has 0 unspecified atom stereocenters. The largest absolute Gasteiger partial charge is 0.388 e. The van der Waals surface area contributed by atoms with Gasteiger partial charge in [0.2, 0.25) is 0 Å². The van der Waals surface area contributed by atoms with Gasteiger partial charge in [0.25, 0.3) is 0 Å². The van der Waals surface area contributed by atoms with Crippen LogP contribution in [0, 0.1) is 0 Å². The second-order valence-corrected chi connectivity index (χ2v) is 5.70. The number of para-hydroxylation sites is 1. The van der Waals surface area contributed by atoms with Crippen molar-refractivity contribution in [2.24, 2.45) is 0 Å². The van der Waals surface area contributed by atoms with Crippen LogP contribution in [0.1, 0.15) is 17.4 Å². The zero-order chi connectivity index (χ0) is 14.8. The minimum Gasteiger partial charge on any atom is -0.388 e. The van der Waals surface area contributed by atoms with Crippen LogP contribution in [0.2, 0.25) is 10.0 Å². The maximum atomic E-state index is 10.3. The molecule has 0 bridgehead atoms. The van der Waals surface area contributed by atoms with Crippen molar-refractivity contribution in [1.29, 1.82) is 0 Å². The van der Waals surface area contributed by atoms with E-state index in [0.717, 1.165) is 22.2 Å². The molecule has 0 aliphatic heterocycles. The molecule has 0 aliphatic rings. The van der Waals surface area contributed by atoms with Gasteiger partial charge in [-0.15, -0.1) is 0 Å². The maximum absolute atomic E-state index is 10.3. The van der Waals surface area contributed by atoms with E-state index >= 15 is 0 Å². The molecule has 106 valence electrons. The second kappa shape index (κ2) is 6.02. The van der Waals surface area contributed by atoms with Crippen molar-refractivity contribution >= 4 is 34.1 Å². The quantitative estimate of drug-likeness (QED) is 0.751. The van der Waals surface area contributed by atoms with Gasteiger partial charge in [-0.2, -0.15) is 0 Å². The summed E-state index contributed by atoms with van der Waals surface area (Å²) in [6.45, 7) is 0. The molecule has 1 atom stereocenters. The third kappa shape index (κ3) is 3.18. The molecule has 3 aromatic rings. The predicted molar refractivity (Wildman–Crippen MR) is 86.9 cm³/mol. The van der Waals surface area contributed by atoms with Gasteiger partial charge in [0.15, 0.2) is 0 Å². The van der Waals surface area contributed by atoms with Gasteiger partial charge >= 0.3 is 0 Å². The zero-order valence-corrected chi connectivity index (χ0v) is 12.6.